The van der Waals surface area contributed by atoms with Crippen molar-refractivity contribution in [3.63, 3.8) is 0 Å². The molecule has 0 bridgehead atoms. The number of carbonyl (C=O) groups is 1. The summed E-state index contributed by atoms with van der Waals surface area (Å²) in [5.74, 6) is -0.681. The molecule has 0 aliphatic carbocycles. The molecular weight excluding hydrogens is 345 g/mol. The summed E-state index contributed by atoms with van der Waals surface area (Å²) in [6.45, 7) is 1.78. The Morgan fingerprint density at radius 1 is 1.44 bits per heavy atom. The van der Waals surface area contributed by atoms with Gasteiger partial charge < -0.3 is 5.32 Å². The van der Waals surface area contributed by atoms with Gasteiger partial charge in [-0.1, -0.05) is 0 Å². The van der Waals surface area contributed by atoms with E-state index in [0.29, 0.717) is 12.1 Å². The highest BCUT2D eigenvalue weighted by atomic mass is 19.4. The largest absolute Gasteiger partial charge is 0.435 e. The number of hydrogen-bond donors (Lipinski definition) is 1. The molecule has 1 N–H and O–H groups in total. The van der Waals surface area contributed by atoms with Crippen LogP contribution in [0.3, 0.4) is 0 Å². The second-order valence-electron chi connectivity index (χ2n) is 5.26. The minimum Gasteiger partial charge on any atom is -0.350 e. The zero-order valence-corrected chi connectivity index (χ0v) is 13.4. The zero-order chi connectivity index (χ0) is 18.8. The average Bonchev–Trinajstić information content (AvgIpc) is 3.06. The third kappa shape index (κ3) is 4.14. The molecule has 0 aromatic carbocycles. The van der Waals surface area contributed by atoms with Crippen LogP contribution in [-0.2, 0) is 19.8 Å². The van der Waals surface area contributed by atoms with Gasteiger partial charge in [0.05, 0.1) is 4.92 Å². The van der Waals surface area contributed by atoms with Crippen LogP contribution in [0.5, 0.6) is 0 Å². The predicted octanol–water partition coefficient (Wildman–Crippen LogP) is 1.67. The molecule has 0 unspecified atom stereocenters. The first-order valence-electron chi connectivity index (χ1n) is 7.17. The molecule has 1 amide bonds. The summed E-state index contributed by atoms with van der Waals surface area (Å²) in [6, 6.07) is 0.942. The molecule has 0 fully saturated rings. The van der Waals surface area contributed by atoms with Gasteiger partial charge >= 0.3 is 11.9 Å². The number of amides is 1. The normalized spacial score (nSPS) is 11.6. The van der Waals surface area contributed by atoms with Crippen molar-refractivity contribution in [1.82, 2.24) is 24.9 Å². The standard InChI is InChI=1S/C13H15F3N6O3/c1-8-6-10(13(14,15)16)19-21(8)5-3-4-17-12(23)11-9(22(24)25)7-18-20(11)2/h6-7H,3-5H2,1-2H3,(H,17,23). The summed E-state index contributed by atoms with van der Waals surface area (Å²) in [5.41, 5.74) is -1.24. The number of nitrogens with zero attached hydrogens (tertiary/aromatic N) is 5. The Hall–Kier alpha value is -2.92. The minimum absolute atomic E-state index is 0.113. The quantitative estimate of drug-likeness (QED) is 0.479. The Balaban J connectivity index is 1.92. The lowest BCUT2D eigenvalue weighted by molar-refractivity contribution is -0.385. The van der Waals surface area contributed by atoms with Crippen molar-refractivity contribution in [3.8, 4) is 0 Å². The number of nitro groups is 1. The molecule has 2 aromatic rings. The first-order valence-corrected chi connectivity index (χ1v) is 7.17. The highest BCUT2D eigenvalue weighted by Gasteiger charge is 2.34. The molecule has 12 heteroatoms. The molecule has 0 saturated carbocycles. The molecule has 0 aliphatic rings. The van der Waals surface area contributed by atoms with Gasteiger partial charge in [-0.25, -0.2) is 0 Å². The molecule has 2 heterocycles. The number of rotatable bonds is 6. The molecule has 0 atom stereocenters. The van der Waals surface area contributed by atoms with Crippen LogP contribution in [0.25, 0.3) is 0 Å². The third-order valence-corrected chi connectivity index (χ3v) is 3.44. The fraction of sp³-hybridized carbons (Fsp3) is 0.462. The monoisotopic (exact) mass is 360 g/mol. The van der Waals surface area contributed by atoms with Crippen molar-refractivity contribution < 1.29 is 22.9 Å². The Bertz CT molecular complexity index is 796. The summed E-state index contributed by atoms with van der Waals surface area (Å²) in [7, 11) is 1.40. The van der Waals surface area contributed by atoms with Gasteiger partial charge in [0.15, 0.2) is 5.69 Å². The third-order valence-electron chi connectivity index (χ3n) is 3.44. The number of alkyl halides is 3. The average molecular weight is 360 g/mol. The molecule has 0 radical (unpaired) electrons. The Morgan fingerprint density at radius 3 is 2.68 bits per heavy atom. The van der Waals surface area contributed by atoms with E-state index in [2.05, 4.69) is 15.5 Å². The maximum atomic E-state index is 12.6. The van der Waals surface area contributed by atoms with Crippen LogP contribution in [0.1, 0.15) is 28.3 Å². The Morgan fingerprint density at radius 2 is 2.12 bits per heavy atom. The van der Waals surface area contributed by atoms with Crippen molar-refractivity contribution in [2.24, 2.45) is 7.05 Å². The zero-order valence-electron chi connectivity index (χ0n) is 13.4. The second kappa shape index (κ2) is 6.91. The number of halogens is 3. The highest BCUT2D eigenvalue weighted by molar-refractivity contribution is 5.96. The number of aromatic nitrogens is 4. The fourth-order valence-electron chi connectivity index (χ4n) is 2.21. The number of carbonyl (C=O) groups excluding carboxylic acids is 1. The molecular formula is C13H15F3N6O3. The second-order valence-corrected chi connectivity index (χ2v) is 5.26. The minimum atomic E-state index is -4.51. The summed E-state index contributed by atoms with van der Waals surface area (Å²) in [5, 5.41) is 20.5. The van der Waals surface area contributed by atoms with Crippen molar-refractivity contribution in [2.45, 2.75) is 26.1 Å². The molecule has 2 rings (SSSR count). The first kappa shape index (κ1) is 18.4. The van der Waals surface area contributed by atoms with Crippen molar-refractivity contribution in [2.75, 3.05) is 6.54 Å². The van der Waals surface area contributed by atoms with Crippen LogP contribution in [0.2, 0.25) is 0 Å². The SMILES string of the molecule is Cc1cc(C(F)(F)F)nn1CCCNC(=O)c1c([N+](=O)[O-])cnn1C. The number of hydrogen-bond acceptors (Lipinski definition) is 5. The molecule has 0 saturated heterocycles. The van der Waals surface area contributed by atoms with Gasteiger partial charge in [0.25, 0.3) is 5.91 Å². The van der Waals surface area contributed by atoms with Crippen LogP contribution in [0, 0.1) is 17.0 Å². The number of nitrogens with one attached hydrogen (secondary N) is 1. The van der Waals surface area contributed by atoms with E-state index in [1.54, 1.807) is 0 Å². The summed E-state index contributed by atoms with van der Waals surface area (Å²) < 4.78 is 40.0. The van der Waals surface area contributed by atoms with E-state index in [1.807, 2.05) is 0 Å². The van der Waals surface area contributed by atoms with E-state index in [4.69, 9.17) is 0 Å². The van der Waals surface area contributed by atoms with E-state index in [0.717, 1.165) is 16.9 Å². The molecule has 136 valence electrons. The number of aryl methyl sites for hydroxylation is 3. The molecule has 0 spiro atoms. The van der Waals surface area contributed by atoms with E-state index < -0.39 is 28.4 Å². The van der Waals surface area contributed by atoms with E-state index in [9.17, 15) is 28.1 Å². The lowest BCUT2D eigenvalue weighted by atomic mass is 10.3. The van der Waals surface area contributed by atoms with Gasteiger partial charge in [-0.2, -0.15) is 23.4 Å². The maximum absolute atomic E-state index is 12.6. The molecule has 9 nitrogen and oxygen atoms in total. The van der Waals surface area contributed by atoms with Gasteiger partial charge in [0.2, 0.25) is 5.69 Å². The van der Waals surface area contributed by atoms with Crippen molar-refractivity contribution >= 4 is 11.6 Å². The first-order chi connectivity index (χ1) is 11.6. The van der Waals surface area contributed by atoms with Crippen LogP contribution in [0.4, 0.5) is 18.9 Å². The summed E-state index contributed by atoms with van der Waals surface area (Å²) in [6.07, 6.45) is -3.24. The van der Waals surface area contributed by atoms with Crippen molar-refractivity contribution in [1.29, 1.82) is 0 Å². The van der Waals surface area contributed by atoms with Crippen LogP contribution < -0.4 is 5.32 Å². The van der Waals surface area contributed by atoms with Crippen LogP contribution in [0.15, 0.2) is 12.3 Å². The van der Waals surface area contributed by atoms with E-state index >= 15 is 0 Å². The van der Waals surface area contributed by atoms with Gasteiger partial charge in [-0.05, 0) is 19.4 Å². The molecule has 0 aliphatic heterocycles. The van der Waals surface area contributed by atoms with Crippen LogP contribution in [-0.4, -0.2) is 36.9 Å². The van der Waals surface area contributed by atoms with Crippen LogP contribution >= 0.6 is 0 Å². The molecule has 2 aromatic heterocycles. The van der Waals surface area contributed by atoms with Crippen molar-refractivity contribution in [3.05, 3.63) is 39.5 Å². The Kier molecular flexibility index (Phi) is 5.09. The fourth-order valence-corrected chi connectivity index (χ4v) is 2.21. The van der Waals surface area contributed by atoms with E-state index in [-0.39, 0.29) is 18.8 Å². The predicted molar refractivity (Wildman–Crippen MR) is 78.8 cm³/mol. The van der Waals surface area contributed by atoms with Gasteiger partial charge in [-0.3, -0.25) is 24.3 Å². The highest BCUT2D eigenvalue weighted by Crippen LogP contribution is 2.28. The summed E-state index contributed by atoms with van der Waals surface area (Å²) in [4.78, 5) is 22.1. The van der Waals surface area contributed by atoms with E-state index in [1.165, 1.54) is 18.7 Å². The topological polar surface area (TPSA) is 108 Å². The lowest BCUT2D eigenvalue weighted by Crippen LogP contribution is -2.28. The Labute approximate surface area is 139 Å². The lowest BCUT2D eigenvalue weighted by Gasteiger charge is -2.07. The smallest absolute Gasteiger partial charge is 0.350 e. The van der Waals surface area contributed by atoms with Gasteiger partial charge in [-0.15, -0.1) is 0 Å². The maximum Gasteiger partial charge on any atom is 0.435 e. The van der Waals surface area contributed by atoms with Gasteiger partial charge in [0.1, 0.15) is 6.20 Å². The van der Waals surface area contributed by atoms with Gasteiger partial charge in [0, 0.05) is 25.8 Å². The summed E-state index contributed by atoms with van der Waals surface area (Å²) >= 11 is 0. The molecule has 25 heavy (non-hydrogen) atoms.